The van der Waals surface area contributed by atoms with Crippen LogP contribution in [-0.4, -0.2) is 36.5 Å². The predicted molar refractivity (Wildman–Crippen MR) is 94.9 cm³/mol. The highest BCUT2D eigenvalue weighted by atomic mass is 35.5. The number of anilines is 1. The second kappa shape index (κ2) is 8.73. The minimum absolute atomic E-state index is 0. The fourth-order valence-corrected chi connectivity index (χ4v) is 3.05. The molecule has 124 valence electrons. The van der Waals surface area contributed by atoms with Gasteiger partial charge in [-0.25, -0.2) is 0 Å². The molecule has 1 saturated heterocycles. The van der Waals surface area contributed by atoms with E-state index >= 15 is 0 Å². The van der Waals surface area contributed by atoms with Gasteiger partial charge in [-0.3, -0.25) is 9.69 Å². The minimum Gasteiger partial charge on any atom is -0.328 e. The van der Waals surface area contributed by atoms with Crippen LogP contribution in [0.25, 0.3) is 0 Å². The number of piperidine rings is 1. The number of nitrogens with zero attached hydrogens (tertiary/aromatic N) is 1. The van der Waals surface area contributed by atoms with Gasteiger partial charge in [0.1, 0.15) is 0 Å². The van der Waals surface area contributed by atoms with E-state index in [2.05, 4.69) is 10.2 Å². The lowest BCUT2D eigenvalue weighted by molar-refractivity contribution is -0.117. The summed E-state index contributed by atoms with van der Waals surface area (Å²) in [7, 11) is 0. The van der Waals surface area contributed by atoms with Gasteiger partial charge in [-0.05, 0) is 62.9 Å². The van der Waals surface area contributed by atoms with E-state index in [0.717, 1.165) is 37.2 Å². The lowest BCUT2D eigenvalue weighted by Gasteiger charge is -2.34. The van der Waals surface area contributed by atoms with E-state index in [1.54, 1.807) is 6.07 Å². The molecule has 1 aromatic rings. The van der Waals surface area contributed by atoms with Crippen molar-refractivity contribution in [2.45, 2.75) is 32.7 Å². The minimum atomic E-state index is 0. The molecule has 0 radical (unpaired) electrons. The molecule has 1 fully saturated rings. The molecule has 0 aromatic heterocycles. The third-order valence-corrected chi connectivity index (χ3v) is 4.35. The van der Waals surface area contributed by atoms with E-state index in [9.17, 15) is 4.79 Å². The van der Waals surface area contributed by atoms with Crippen molar-refractivity contribution < 1.29 is 4.79 Å². The molecule has 1 heterocycles. The Morgan fingerprint density at radius 3 is 2.91 bits per heavy atom. The molecule has 2 unspecified atom stereocenters. The molecule has 1 aliphatic rings. The number of aryl methyl sites for hydroxylation is 1. The molecular formula is C16H25Cl2N3O. The van der Waals surface area contributed by atoms with Crippen LogP contribution in [0.2, 0.25) is 5.02 Å². The fraction of sp³-hybridized carbons (Fsp3) is 0.562. The lowest BCUT2D eigenvalue weighted by Crippen LogP contribution is -2.45. The fourth-order valence-electron chi connectivity index (χ4n) is 2.82. The van der Waals surface area contributed by atoms with Crippen molar-refractivity contribution in [2.24, 2.45) is 11.7 Å². The van der Waals surface area contributed by atoms with Crippen LogP contribution in [0.3, 0.4) is 0 Å². The zero-order valence-corrected chi connectivity index (χ0v) is 14.7. The second-order valence-electron chi connectivity index (χ2n) is 6.00. The topological polar surface area (TPSA) is 58.4 Å². The van der Waals surface area contributed by atoms with Gasteiger partial charge in [0.15, 0.2) is 0 Å². The second-order valence-corrected chi connectivity index (χ2v) is 6.44. The molecule has 0 bridgehead atoms. The lowest BCUT2D eigenvalue weighted by atomic mass is 9.92. The number of halogens is 2. The van der Waals surface area contributed by atoms with E-state index in [1.807, 2.05) is 26.0 Å². The van der Waals surface area contributed by atoms with E-state index in [-0.39, 0.29) is 24.4 Å². The standard InChI is InChI=1S/C16H24ClN3O.ClH/c1-11-8-14(17)5-6-15(11)19-16(21)10-20-7-3-4-13(9-20)12(2)18;/h5-6,8,12-13H,3-4,7,9-10,18H2,1-2H3,(H,19,21);1H. The summed E-state index contributed by atoms with van der Waals surface area (Å²) in [6.07, 6.45) is 2.27. The van der Waals surface area contributed by atoms with Crippen LogP contribution < -0.4 is 11.1 Å². The van der Waals surface area contributed by atoms with Crippen LogP contribution in [0.4, 0.5) is 5.69 Å². The summed E-state index contributed by atoms with van der Waals surface area (Å²) < 4.78 is 0. The average molecular weight is 346 g/mol. The summed E-state index contributed by atoms with van der Waals surface area (Å²) in [5.74, 6) is 0.509. The van der Waals surface area contributed by atoms with Crippen LogP contribution in [0.1, 0.15) is 25.3 Å². The predicted octanol–water partition coefficient (Wildman–Crippen LogP) is 3.07. The maximum absolute atomic E-state index is 12.2. The number of carbonyl (C=O) groups is 1. The Bertz CT molecular complexity index is 508. The smallest absolute Gasteiger partial charge is 0.238 e. The molecule has 22 heavy (non-hydrogen) atoms. The average Bonchev–Trinajstić information content (AvgIpc) is 2.42. The molecule has 1 amide bonds. The normalized spacial score (nSPS) is 20.1. The number of rotatable bonds is 4. The number of amides is 1. The number of carbonyl (C=O) groups excluding carboxylic acids is 1. The molecule has 4 nitrogen and oxygen atoms in total. The number of likely N-dealkylation sites (tertiary alicyclic amines) is 1. The Morgan fingerprint density at radius 1 is 1.55 bits per heavy atom. The van der Waals surface area contributed by atoms with Crippen molar-refractivity contribution in [3.05, 3.63) is 28.8 Å². The molecule has 0 saturated carbocycles. The summed E-state index contributed by atoms with van der Waals surface area (Å²) in [5, 5.41) is 3.64. The molecule has 0 spiro atoms. The summed E-state index contributed by atoms with van der Waals surface area (Å²) in [6.45, 7) is 6.28. The van der Waals surface area contributed by atoms with Crippen LogP contribution in [0.15, 0.2) is 18.2 Å². The Morgan fingerprint density at radius 2 is 2.27 bits per heavy atom. The van der Waals surface area contributed by atoms with Gasteiger partial charge in [0.25, 0.3) is 0 Å². The molecule has 0 aliphatic carbocycles. The maximum atomic E-state index is 12.2. The van der Waals surface area contributed by atoms with E-state index in [4.69, 9.17) is 17.3 Å². The van der Waals surface area contributed by atoms with Crippen LogP contribution in [-0.2, 0) is 4.79 Å². The monoisotopic (exact) mass is 345 g/mol. The maximum Gasteiger partial charge on any atom is 0.238 e. The number of nitrogens with one attached hydrogen (secondary N) is 1. The van der Waals surface area contributed by atoms with Crippen LogP contribution in [0, 0.1) is 12.8 Å². The summed E-state index contributed by atoms with van der Waals surface area (Å²) in [4.78, 5) is 14.4. The highest BCUT2D eigenvalue weighted by Crippen LogP contribution is 2.21. The first kappa shape index (κ1) is 19.2. The third kappa shape index (κ3) is 5.43. The largest absolute Gasteiger partial charge is 0.328 e. The van der Waals surface area contributed by atoms with Crippen molar-refractivity contribution in [1.29, 1.82) is 0 Å². The number of nitrogens with two attached hydrogens (primary N) is 1. The first-order valence-corrected chi connectivity index (χ1v) is 7.87. The molecule has 1 aromatic carbocycles. The van der Waals surface area contributed by atoms with Gasteiger partial charge in [0.2, 0.25) is 5.91 Å². The van der Waals surface area contributed by atoms with Gasteiger partial charge in [-0.15, -0.1) is 12.4 Å². The molecule has 1 aliphatic heterocycles. The SMILES string of the molecule is Cc1cc(Cl)ccc1NC(=O)CN1CCCC(C(C)N)C1.Cl. The van der Waals surface area contributed by atoms with E-state index in [0.29, 0.717) is 17.5 Å². The van der Waals surface area contributed by atoms with E-state index < -0.39 is 0 Å². The van der Waals surface area contributed by atoms with Crippen molar-refractivity contribution in [1.82, 2.24) is 4.90 Å². The summed E-state index contributed by atoms with van der Waals surface area (Å²) in [5.41, 5.74) is 7.78. The van der Waals surface area contributed by atoms with Crippen LogP contribution in [0.5, 0.6) is 0 Å². The molecule has 3 N–H and O–H groups in total. The highest BCUT2D eigenvalue weighted by Gasteiger charge is 2.23. The van der Waals surface area contributed by atoms with Crippen LogP contribution >= 0.6 is 24.0 Å². The Balaban J connectivity index is 0.00000242. The summed E-state index contributed by atoms with van der Waals surface area (Å²) in [6, 6.07) is 5.67. The molecule has 6 heteroatoms. The van der Waals surface area contributed by atoms with Gasteiger partial charge in [0, 0.05) is 23.3 Å². The van der Waals surface area contributed by atoms with Crippen molar-refractivity contribution in [3.8, 4) is 0 Å². The third-order valence-electron chi connectivity index (χ3n) is 4.12. The van der Waals surface area contributed by atoms with Gasteiger partial charge in [-0.1, -0.05) is 11.6 Å². The molecule has 2 rings (SSSR count). The van der Waals surface area contributed by atoms with Crippen molar-refractivity contribution in [3.63, 3.8) is 0 Å². The first-order chi connectivity index (χ1) is 9.95. The Labute approximate surface area is 143 Å². The van der Waals surface area contributed by atoms with Crippen molar-refractivity contribution in [2.75, 3.05) is 25.0 Å². The number of hydrogen-bond acceptors (Lipinski definition) is 3. The van der Waals surface area contributed by atoms with Gasteiger partial charge < -0.3 is 11.1 Å². The Kier molecular flexibility index (Phi) is 7.63. The van der Waals surface area contributed by atoms with E-state index in [1.165, 1.54) is 0 Å². The molecular weight excluding hydrogens is 321 g/mol. The zero-order valence-electron chi connectivity index (χ0n) is 13.1. The molecule has 2 atom stereocenters. The number of hydrogen-bond donors (Lipinski definition) is 2. The first-order valence-electron chi connectivity index (χ1n) is 7.49. The summed E-state index contributed by atoms with van der Waals surface area (Å²) >= 11 is 5.92. The van der Waals surface area contributed by atoms with Gasteiger partial charge >= 0.3 is 0 Å². The Hall–Kier alpha value is -0.810. The number of benzene rings is 1. The zero-order chi connectivity index (χ0) is 15.4. The quantitative estimate of drug-likeness (QED) is 0.881. The highest BCUT2D eigenvalue weighted by molar-refractivity contribution is 6.30. The van der Waals surface area contributed by atoms with Gasteiger partial charge in [0.05, 0.1) is 6.54 Å². The van der Waals surface area contributed by atoms with Gasteiger partial charge in [-0.2, -0.15) is 0 Å². The van der Waals surface area contributed by atoms with Crippen molar-refractivity contribution >= 4 is 35.6 Å².